The van der Waals surface area contributed by atoms with E-state index in [0.29, 0.717) is 0 Å². The highest BCUT2D eigenvalue weighted by atomic mass is 32.2. The van der Waals surface area contributed by atoms with Gasteiger partial charge in [0.2, 0.25) is 5.91 Å². The molecule has 1 amide bonds. The highest BCUT2D eigenvalue weighted by Gasteiger charge is 2.37. The van der Waals surface area contributed by atoms with E-state index in [9.17, 15) is 4.79 Å². The predicted octanol–water partition coefficient (Wildman–Crippen LogP) is 5.74. The van der Waals surface area contributed by atoms with Crippen LogP contribution in [0.1, 0.15) is 38.0 Å². The molecule has 4 rings (SSSR count). The molecular formula is C24H28N2O2S. The number of hydrogen-bond acceptors (Lipinski definition) is 3. The molecule has 0 spiro atoms. The number of carbonyl (C=O) groups excluding carboxylic acids is 1. The second-order valence-electron chi connectivity index (χ2n) is 7.30. The number of ether oxygens (including phenoxy) is 1. The van der Waals surface area contributed by atoms with Crippen molar-refractivity contribution in [3.8, 4) is 17.0 Å². The third-order valence-corrected chi connectivity index (χ3v) is 6.99. The van der Waals surface area contributed by atoms with Crippen LogP contribution in [0.25, 0.3) is 22.2 Å². The van der Waals surface area contributed by atoms with Gasteiger partial charge in [0.15, 0.2) is 0 Å². The van der Waals surface area contributed by atoms with E-state index in [4.69, 9.17) is 4.74 Å². The predicted molar refractivity (Wildman–Crippen MR) is 121 cm³/mol. The standard InChI is InChI=1S/C24H28N2O2S/c1-5-14-26-19-13-12-16(28-4)15-18(19)21-22(26)17-10-8-9-11-20(17)29-23(21)24(27)25(6-2)7-3/h8-13,15,23H,5-7,14H2,1-4H3. The fourth-order valence-corrected chi connectivity index (χ4v) is 5.63. The summed E-state index contributed by atoms with van der Waals surface area (Å²) in [5.74, 6) is 1.01. The Balaban J connectivity index is 2.04. The number of carbonyl (C=O) groups is 1. The van der Waals surface area contributed by atoms with E-state index < -0.39 is 0 Å². The van der Waals surface area contributed by atoms with Crippen molar-refractivity contribution in [2.45, 2.75) is 43.9 Å². The molecule has 1 atom stereocenters. The molecule has 0 aliphatic carbocycles. The van der Waals surface area contributed by atoms with Gasteiger partial charge in [-0.2, -0.15) is 0 Å². The van der Waals surface area contributed by atoms with Crippen molar-refractivity contribution in [3.05, 3.63) is 48.0 Å². The average molecular weight is 409 g/mol. The zero-order valence-corrected chi connectivity index (χ0v) is 18.4. The number of aromatic nitrogens is 1. The Morgan fingerprint density at radius 2 is 1.90 bits per heavy atom. The van der Waals surface area contributed by atoms with Crippen LogP contribution in [0.3, 0.4) is 0 Å². The molecule has 1 aliphatic heterocycles. The molecule has 0 saturated heterocycles. The topological polar surface area (TPSA) is 34.5 Å². The minimum absolute atomic E-state index is 0.189. The fraction of sp³-hybridized carbons (Fsp3) is 0.375. The number of aryl methyl sites for hydroxylation is 1. The van der Waals surface area contributed by atoms with Crippen LogP contribution in [0.5, 0.6) is 5.75 Å². The van der Waals surface area contributed by atoms with Crippen LogP contribution in [0.4, 0.5) is 0 Å². The minimum Gasteiger partial charge on any atom is -0.497 e. The Kier molecular flexibility index (Phi) is 5.59. The van der Waals surface area contributed by atoms with Crippen molar-refractivity contribution in [2.75, 3.05) is 20.2 Å². The number of likely N-dealkylation sites (N-methyl/N-ethyl adjacent to an activating group) is 1. The van der Waals surface area contributed by atoms with Gasteiger partial charge in [-0.15, -0.1) is 11.8 Å². The Morgan fingerprint density at radius 3 is 2.59 bits per heavy atom. The summed E-state index contributed by atoms with van der Waals surface area (Å²) in [4.78, 5) is 16.7. The van der Waals surface area contributed by atoms with Gasteiger partial charge in [0.1, 0.15) is 11.0 Å². The summed E-state index contributed by atoms with van der Waals surface area (Å²) in [5, 5.41) is 0.882. The molecule has 0 bridgehead atoms. The highest BCUT2D eigenvalue weighted by Crippen LogP contribution is 2.53. The largest absolute Gasteiger partial charge is 0.497 e. The second-order valence-corrected chi connectivity index (χ2v) is 8.45. The quantitative estimate of drug-likeness (QED) is 0.521. The first-order chi connectivity index (χ1) is 14.1. The third kappa shape index (κ3) is 3.21. The molecule has 2 aromatic carbocycles. The van der Waals surface area contributed by atoms with Gasteiger partial charge >= 0.3 is 0 Å². The Bertz CT molecular complexity index is 1050. The van der Waals surface area contributed by atoms with E-state index >= 15 is 0 Å². The molecule has 29 heavy (non-hydrogen) atoms. The molecule has 0 fully saturated rings. The lowest BCUT2D eigenvalue weighted by atomic mass is 10.00. The van der Waals surface area contributed by atoms with Gasteiger partial charge in [-0.1, -0.05) is 25.1 Å². The number of methoxy groups -OCH3 is 1. The molecule has 1 unspecified atom stereocenters. The molecule has 5 heteroatoms. The maximum absolute atomic E-state index is 13.6. The van der Waals surface area contributed by atoms with Crippen molar-refractivity contribution in [3.63, 3.8) is 0 Å². The van der Waals surface area contributed by atoms with Crippen LogP contribution in [0.15, 0.2) is 47.4 Å². The van der Waals surface area contributed by atoms with Gasteiger partial charge in [0.05, 0.1) is 12.8 Å². The van der Waals surface area contributed by atoms with Crippen LogP contribution in [0.2, 0.25) is 0 Å². The van der Waals surface area contributed by atoms with Crippen LogP contribution in [-0.4, -0.2) is 35.6 Å². The lowest BCUT2D eigenvalue weighted by Crippen LogP contribution is -2.34. The van der Waals surface area contributed by atoms with E-state index in [0.717, 1.165) is 42.8 Å². The second kappa shape index (κ2) is 8.15. The summed E-state index contributed by atoms with van der Waals surface area (Å²) >= 11 is 1.68. The molecule has 4 nitrogen and oxygen atoms in total. The number of fused-ring (bicyclic) bond motifs is 5. The van der Waals surface area contributed by atoms with Crippen molar-refractivity contribution in [1.29, 1.82) is 0 Å². The molecule has 0 saturated carbocycles. The van der Waals surface area contributed by atoms with Crippen molar-refractivity contribution < 1.29 is 9.53 Å². The third-order valence-electron chi connectivity index (χ3n) is 5.71. The lowest BCUT2D eigenvalue weighted by molar-refractivity contribution is -0.130. The van der Waals surface area contributed by atoms with Gasteiger partial charge in [0, 0.05) is 46.6 Å². The summed E-state index contributed by atoms with van der Waals surface area (Å²) in [6, 6.07) is 14.7. The molecule has 1 aliphatic rings. The summed E-state index contributed by atoms with van der Waals surface area (Å²) in [6.45, 7) is 8.66. The van der Waals surface area contributed by atoms with Gasteiger partial charge in [-0.05, 0) is 44.5 Å². The van der Waals surface area contributed by atoms with Gasteiger partial charge in [-0.3, -0.25) is 4.79 Å². The number of hydrogen-bond donors (Lipinski definition) is 0. The number of rotatable bonds is 6. The molecular weight excluding hydrogens is 380 g/mol. The van der Waals surface area contributed by atoms with Crippen molar-refractivity contribution in [1.82, 2.24) is 9.47 Å². The molecule has 1 aromatic heterocycles. The molecule has 0 N–H and O–H groups in total. The lowest BCUT2D eigenvalue weighted by Gasteiger charge is -2.30. The molecule has 2 heterocycles. The molecule has 3 aromatic rings. The fourth-order valence-electron chi connectivity index (χ4n) is 4.32. The summed E-state index contributed by atoms with van der Waals surface area (Å²) in [5.41, 5.74) is 4.72. The monoisotopic (exact) mass is 408 g/mol. The van der Waals surface area contributed by atoms with Crippen LogP contribution in [0, 0.1) is 0 Å². The van der Waals surface area contributed by atoms with E-state index in [2.05, 4.69) is 47.9 Å². The summed E-state index contributed by atoms with van der Waals surface area (Å²) in [7, 11) is 1.69. The van der Waals surface area contributed by atoms with E-state index in [1.54, 1.807) is 18.9 Å². The number of nitrogens with zero attached hydrogens (tertiary/aromatic N) is 2. The number of benzene rings is 2. The van der Waals surface area contributed by atoms with Gasteiger partial charge < -0.3 is 14.2 Å². The Labute approximate surface area is 176 Å². The zero-order valence-electron chi connectivity index (χ0n) is 17.6. The Morgan fingerprint density at radius 1 is 1.14 bits per heavy atom. The molecule has 152 valence electrons. The first-order valence-electron chi connectivity index (χ1n) is 10.4. The van der Waals surface area contributed by atoms with Crippen LogP contribution in [-0.2, 0) is 11.3 Å². The average Bonchev–Trinajstić information content (AvgIpc) is 3.08. The van der Waals surface area contributed by atoms with E-state index in [-0.39, 0.29) is 11.2 Å². The SMILES string of the molecule is CCCn1c2c(c3cc(OC)ccc31)C(C(=O)N(CC)CC)Sc1ccccc1-2. The normalized spacial score (nSPS) is 15.1. The van der Waals surface area contributed by atoms with Gasteiger partial charge in [0.25, 0.3) is 0 Å². The smallest absolute Gasteiger partial charge is 0.240 e. The highest BCUT2D eigenvalue weighted by molar-refractivity contribution is 8.00. The Hall–Kier alpha value is -2.40. The van der Waals surface area contributed by atoms with Crippen LogP contribution >= 0.6 is 11.8 Å². The zero-order chi connectivity index (χ0) is 20.5. The number of amides is 1. The van der Waals surface area contributed by atoms with Crippen molar-refractivity contribution in [2.24, 2.45) is 0 Å². The van der Waals surface area contributed by atoms with E-state index in [1.807, 2.05) is 24.8 Å². The number of thioether (sulfide) groups is 1. The minimum atomic E-state index is -0.243. The summed E-state index contributed by atoms with van der Waals surface area (Å²) < 4.78 is 7.92. The van der Waals surface area contributed by atoms with Crippen molar-refractivity contribution >= 4 is 28.6 Å². The molecule has 0 radical (unpaired) electrons. The van der Waals surface area contributed by atoms with E-state index in [1.165, 1.54) is 21.7 Å². The first kappa shape index (κ1) is 19.9. The summed E-state index contributed by atoms with van der Waals surface area (Å²) in [6.07, 6.45) is 1.03. The van der Waals surface area contributed by atoms with Crippen LogP contribution < -0.4 is 4.74 Å². The maximum Gasteiger partial charge on any atom is 0.240 e. The first-order valence-corrected chi connectivity index (χ1v) is 11.3. The van der Waals surface area contributed by atoms with Gasteiger partial charge in [-0.25, -0.2) is 0 Å². The maximum atomic E-state index is 13.6.